The topological polar surface area (TPSA) is 54.8 Å². The van der Waals surface area contributed by atoms with Gasteiger partial charge in [-0.05, 0) is 47.5 Å². The fraction of sp³-hybridized carbons (Fsp3) is 0.0222. The molecule has 0 amide bonds. The van der Waals surface area contributed by atoms with E-state index in [0.717, 1.165) is 66.8 Å². The second kappa shape index (κ2) is 11.5. The van der Waals surface area contributed by atoms with Gasteiger partial charge in [0, 0.05) is 43.9 Å². The van der Waals surface area contributed by atoms with Crippen molar-refractivity contribution in [2.45, 2.75) is 6.17 Å². The molecule has 10 rings (SSSR count). The van der Waals surface area contributed by atoms with E-state index in [9.17, 15) is 0 Å². The molecule has 5 nitrogen and oxygen atoms in total. The third-order valence-electron chi connectivity index (χ3n) is 9.64. The van der Waals surface area contributed by atoms with Crippen molar-refractivity contribution in [1.29, 1.82) is 0 Å². The number of aromatic nitrogens is 1. The van der Waals surface area contributed by atoms with Crippen molar-refractivity contribution in [3.05, 3.63) is 187 Å². The zero-order chi connectivity index (χ0) is 33.0. The van der Waals surface area contributed by atoms with Crippen LogP contribution in [0, 0.1) is 0 Å². The van der Waals surface area contributed by atoms with E-state index in [1.54, 1.807) is 0 Å². The standard InChI is InChI=1S/C45H30N4O/c1-4-15-29(16-5-1)43-46-44(30-17-6-2-7-18-30)48-45(47-43)31-27-37(41-36-22-11-13-26-39(36)50-40(41)28-31)35-24-14-23-34-33-21-10-12-25-38(33)49(42(34)35)32-19-8-3-9-20-32/h1-28,43H,(H,46,47,48). The molecule has 0 bridgehead atoms. The molecular weight excluding hydrogens is 613 g/mol. The van der Waals surface area contributed by atoms with E-state index < -0.39 is 0 Å². The molecule has 0 aliphatic carbocycles. The molecule has 1 unspecified atom stereocenters. The highest BCUT2D eigenvalue weighted by atomic mass is 16.3. The molecule has 0 spiro atoms. The Morgan fingerprint density at radius 2 is 1.22 bits per heavy atom. The van der Waals surface area contributed by atoms with Crippen LogP contribution in [0.15, 0.2) is 184 Å². The van der Waals surface area contributed by atoms with Crippen molar-refractivity contribution in [1.82, 2.24) is 9.88 Å². The van der Waals surface area contributed by atoms with Gasteiger partial charge in [0.25, 0.3) is 0 Å². The second-order valence-electron chi connectivity index (χ2n) is 12.6. The monoisotopic (exact) mass is 642 g/mol. The van der Waals surface area contributed by atoms with Crippen molar-refractivity contribution < 1.29 is 4.42 Å². The quantitative estimate of drug-likeness (QED) is 0.203. The summed E-state index contributed by atoms with van der Waals surface area (Å²) in [5.74, 6) is 1.43. The molecule has 0 saturated heterocycles. The number of hydrogen-bond donors (Lipinski definition) is 1. The van der Waals surface area contributed by atoms with Gasteiger partial charge in [-0.2, -0.15) is 0 Å². The number of furan rings is 1. The van der Waals surface area contributed by atoms with Crippen molar-refractivity contribution in [2.75, 3.05) is 0 Å². The first kappa shape index (κ1) is 28.3. The summed E-state index contributed by atoms with van der Waals surface area (Å²) in [6.07, 6.45) is -0.308. The Kier molecular flexibility index (Phi) is 6.49. The predicted octanol–water partition coefficient (Wildman–Crippen LogP) is 10.8. The van der Waals surface area contributed by atoms with Crippen molar-refractivity contribution in [3.8, 4) is 16.8 Å². The van der Waals surface area contributed by atoms with Crippen LogP contribution in [-0.2, 0) is 0 Å². The third kappa shape index (κ3) is 4.55. The largest absolute Gasteiger partial charge is 0.456 e. The smallest absolute Gasteiger partial charge is 0.159 e. The third-order valence-corrected chi connectivity index (χ3v) is 9.64. The maximum Gasteiger partial charge on any atom is 0.159 e. The first-order chi connectivity index (χ1) is 24.8. The Balaban J connectivity index is 1.27. The molecule has 2 aromatic heterocycles. The number of rotatable bonds is 5. The summed E-state index contributed by atoms with van der Waals surface area (Å²) in [5.41, 5.74) is 10.2. The van der Waals surface area contributed by atoms with Crippen LogP contribution in [0.5, 0.6) is 0 Å². The minimum absolute atomic E-state index is 0.308. The minimum Gasteiger partial charge on any atom is -0.456 e. The molecular formula is C45H30N4O. The average molecular weight is 643 g/mol. The molecule has 5 heteroatoms. The Morgan fingerprint density at radius 1 is 0.540 bits per heavy atom. The van der Waals surface area contributed by atoms with Crippen LogP contribution < -0.4 is 5.32 Å². The van der Waals surface area contributed by atoms with Gasteiger partial charge in [-0.15, -0.1) is 0 Å². The number of benzene rings is 7. The van der Waals surface area contributed by atoms with Gasteiger partial charge in [-0.25, -0.2) is 9.98 Å². The summed E-state index contributed by atoms with van der Waals surface area (Å²) in [5, 5.41) is 8.24. The van der Waals surface area contributed by atoms with Crippen molar-refractivity contribution in [3.63, 3.8) is 0 Å². The second-order valence-corrected chi connectivity index (χ2v) is 12.6. The summed E-state index contributed by atoms with van der Waals surface area (Å²) < 4.78 is 9.03. The van der Waals surface area contributed by atoms with Crippen LogP contribution in [-0.4, -0.2) is 16.2 Å². The fourth-order valence-corrected chi connectivity index (χ4v) is 7.40. The molecule has 1 N–H and O–H groups in total. The van der Waals surface area contributed by atoms with E-state index in [2.05, 4.69) is 131 Å². The molecule has 50 heavy (non-hydrogen) atoms. The number of amidine groups is 2. The average Bonchev–Trinajstić information content (AvgIpc) is 3.74. The summed E-state index contributed by atoms with van der Waals surface area (Å²) in [6, 6.07) is 59.1. The number of nitrogens with zero attached hydrogens (tertiary/aromatic N) is 3. The van der Waals surface area contributed by atoms with E-state index >= 15 is 0 Å². The molecule has 7 aromatic carbocycles. The molecule has 236 valence electrons. The Labute approximate surface area is 288 Å². The van der Waals surface area contributed by atoms with E-state index in [4.69, 9.17) is 14.4 Å². The molecule has 0 fully saturated rings. The van der Waals surface area contributed by atoms with Gasteiger partial charge in [0.1, 0.15) is 23.2 Å². The predicted molar refractivity (Wildman–Crippen MR) is 205 cm³/mol. The van der Waals surface area contributed by atoms with Crippen molar-refractivity contribution in [2.24, 2.45) is 9.98 Å². The Morgan fingerprint density at radius 3 is 2.04 bits per heavy atom. The first-order valence-electron chi connectivity index (χ1n) is 16.9. The van der Waals surface area contributed by atoms with Gasteiger partial charge >= 0.3 is 0 Å². The Bertz CT molecular complexity index is 2780. The van der Waals surface area contributed by atoms with Crippen molar-refractivity contribution >= 4 is 55.4 Å². The van der Waals surface area contributed by atoms with Crippen LogP contribution in [0.1, 0.15) is 22.9 Å². The van der Waals surface area contributed by atoms with E-state index in [0.29, 0.717) is 5.84 Å². The molecule has 0 radical (unpaired) electrons. The van der Waals surface area contributed by atoms with Gasteiger partial charge in [-0.1, -0.05) is 133 Å². The minimum atomic E-state index is -0.308. The summed E-state index contributed by atoms with van der Waals surface area (Å²) in [4.78, 5) is 10.2. The zero-order valence-electron chi connectivity index (χ0n) is 27.0. The van der Waals surface area contributed by atoms with Crippen LogP contribution >= 0.6 is 0 Å². The van der Waals surface area contributed by atoms with Gasteiger partial charge in [-0.3, -0.25) is 0 Å². The molecule has 3 heterocycles. The number of para-hydroxylation sites is 4. The van der Waals surface area contributed by atoms with Crippen LogP contribution in [0.2, 0.25) is 0 Å². The lowest BCUT2D eigenvalue weighted by Crippen LogP contribution is -2.33. The number of fused-ring (bicyclic) bond motifs is 6. The molecule has 0 saturated carbocycles. The van der Waals surface area contributed by atoms with Gasteiger partial charge in [0.2, 0.25) is 0 Å². The Hall–Kier alpha value is -6.72. The van der Waals surface area contributed by atoms with Crippen LogP contribution in [0.25, 0.3) is 60.6 Å². The van der Waals surface area contributed by atoms with Crippen LogP contribution in [0.4, 0.5) is 0 Å². The summed E-state index contributed by atoms with van der Waals surface area (Å²) in [6.45, 7) is 0. The summed E-state index contributed by atoms with van der Waals surface area (Å²) >= 11 is 0. The zero-order valence-corrected chi connectivity index (χ0v) is 27.0. The van der Waals surface area contributed by atoms with E-state index in [1.807, 2.05) is 48.5 Å². The highest BCUT2D eigenvalue weighted by Gasteiger charge is 2.25. The molecule has 9 aromatic rings. The lowest BCUT2D eigenvalue weighted by atomic mass is 9.94. The number of aliphatic imine (C=N–C) groups is 2. The van der Waals surface area contributed by atoms with Crippen LogP contribution in [0.3, 0.4) is 0 Å². The van der Waals surface area contributed by atoms with Gasteiger partial charge in [0.15, 0.2) is 5.84 Å². The molecule has 1 aliphatic rings. The lowest BCUT2D eigenvalue weighted by Gasteiger charge is -2.24. The SMILES string of the molecule is c1ccc(C2=NC(c3ccccc3)NC(c3cc(-c4cccc5c6ccccc6n(-c6ccccc6)c45)c4c(c3)oc3ccccc34)=N2)cc1. The number of nitrogens with one attached hydrogen (secondary N) is 1. The van der Waals surface area contributed by atoms with Gasteiger partial charge in [0.05, 0.1) is 11.0 Å². The highest BCUT2D eigenvalue weighted by Crippen LogP contribution is 2.43. The fourth-order valence-electron chi connectivity index (χ4n) is 7.40. The highest BCUT2D eigenvalue weighted by molar-refractivity contribution is 6.21. The lowest BCUT2D eigenvalue weighted by molar-refractivity contribution is 0.666. The normalized spacial score (nSPS) is 14.6. The molecule has 1 atom stereocenters. The number of hydrogen-bond acceptors (Lipinski definition) is 4. The van der Waals surface area contributed by atoms with E-state index in [-0.39, 0.29) is 6.17 Å². The van der Waals surface area contributed by atoms with E-state index in [1.165, 1.54) is 16.3 Å². The summed E-state index contributed by atoms with van der Waals surface area (Å²) in [7, 11) is 0. The first-order valence-corrected chi connectivity index (χ1v) is 16.9. The maximum atomic E-state index is 6.64. The molecule has 1 aliphatic heterocycles. The van der Waals surface area contributed by atoms with Gasteiger partial charge < -0.3 is 14.3 Å². The maximum absolute atomic E-state index is 6.64.